The molecule has 4 nitrogen and oxygen atoms in total. The molecule has 0 fully saturated rings. The second-order valence-electron chi connectivity index (χ2n) is 3.61. The maximum atomic E-state index is 12.0. The summed E-state index contributed by atoms with van der Waals surface area (Å²) in [5.74, 6) is 0. The van der Waals surface area contributed by atoms with E-state index in [0.717, 1.165) is 5.56 Å². The first-order valence-corrected chi connectivity index (χ1v) is 7.09. The van der Waals surface area contributed by atoms with Crippen molar-refractivity contribution < 1.29 is 8.42 Å². The van der Waals surface area contributed by atoms with Crippen LogP contribution in [0.2, 0.25) is 5.02 Å². The molecule has 0 aliphatic rings. The zero-order chi connectivity index (χ0) is 13.0. The predicted molar refractivity (Wildman–Crippen MR) is 77.0 cm³/mol. The Hall–Kier alpha value is -1.14. The number of halogens is 2. The number of sulfonamides is 1. The first-order chi connectivity index (χ1) is 8.59. The smallest absolute Gasteiger partial charge is 0.242 e. The molecule has 0 aliphatic carbocycles. The fourth-order valence-corrected chi connectivity index (χ4v) is 2.95. The van der Waals surface area contributed by atoms with Gasteiger partial charge in [-0.2, -0.15) is 0 Å². The van der Waals surface area contributed by atoms with Crippen molar-refractivity contribution in [3.05, 3.63) is 59.4 Å². The SMILES string of the molecule is Cl.O=S(=O)(NCc1ccncc1)c1ccccc1Cl. The summed E-state index contributed by atoms with van der Waals surface area (Å²) in [7, 11) is -3.59. The van der Waals surface area contributed by atoms with E-state index in [2.05, 4.69) is 9.71 Å². The van der Waals surface area contributed by atoms with E-state index in [0.29, 0.717) is 0 Å². The van der Waals surface area contributed by atoms with Gasteiger partial charge in [0.1, 0.15) is 4.90 Å². The van der Waals surface area contributed by atoms with Crippen LogP contribution < -0.4 is 4.72 Å². The van der Waals surface area contributed by atoms with E-state index < -0.39 is 10.0 Å². The van der Waals surface area contributed by atoms with Gasteiger partial charge in [-0.3, -0.25) is 4.98 Å². The number of aromatic nitrogens is 1. The summed E-state index contributed by atoms with van der Waals surface area (Å²) < 4.78 is 26.5. The first-order valence-electron chi connectivity index (χ1n) is 5.23. The third-order valence-corrected chi connectivity index (χ3v) is 4.24. The Labute approximate surface area is 123 Å². The average Bonchev–Trinajstić information content (AvgIpc) is 2.38. The molecule has 0 saturated heterocycles. The minimum Gasteiger partial charge on any atom is -0.265 e. The van der Waals surface area contributed by atoms with Crippen molar-refractivity contribution >= 4 is 34.0 Å². The van der Waals surface area contributed by atoms with Crippen molar-refractivity contribution in [1.82, 2.24) is 9.71 Å². The molecule has 0 aliphatic heterocycles. The quantitative estimate of drug-likeness (QED) is 0.942. The van der Waals surface area contributed by atoms with Gasteiger partial charge in [0.15, 0.2) is 0 Å². The van der Waals surface area contributed by atoms with Crippen molar-refractivity contribution in [2.75, 3.05) is 0 Å². The summed E-state index contributed by atoms with van der Waals surface area (Å²) in [4.78, 5) is 3.95. The Morgan fingerprint density at radius 1 is 1.11 bits per heavy atom. The number of benzene rings is 1. The minimum atomic E-state index is -3.59. The third-order valence-electron chi connectivity index (χ3n) is 2.34. The summed E-state index contributed by atoms with van der Waals surface area (Å²) >= 11 is 5.86. The van der Waals surface area contributed by atoms with Crippen LogP contribution >= 0.6 is 24.0 Å². The zero-order valence-electron chi connectivity index (χ0n) is 9.78. The van der Waals surface area contributed by atoms with E-state index in [9.17, 15) is 8.42 Å². The third kappa shape index (κ3) is 4.18. The second kappa shape index (κ2) is 6.86. The van der Waals surface area contributed by atoms with Crippen molar-refractivity contribution in [2.24, 2.45) is 0 Å². The molecule has 0 amide bonds. The summed E-state index contributed by atoms with van der Waals surface area (Å²) in [6.45, 7) is 0.204. The van der Waals surface area contributed by atoms with Gasteiger partial charge in [-0.05, 0) is 29.8 Å². The second-order valence-corrected chi connectivity index (χ2v) is 5.75. The van der Waals surface area contributed by atoms with E-state index in [1.165, 1.54) is 6.07 Å². The first kappa shape index (κ1) is 15.9. The number of rotatable bonds is 4. The van der Waals surface area contributed by atoms with Crippen LogP contribution in [0.5, 0.6) is 0 Å². The molecule has 1 heterocycles. The van der Waals surface area contributed by atoms with Crippen molar-refractivity contribution in [1.29, 1.82) is 0 Å². The molecule has 7 heteroatoms. The summed E-state index contributed by atoms with van der Waals surface area (Å²) in [6.07, 6.45) is 3.22. The standard InChI is InChI=1S/C12H11ClN2O2S.ClH/c13-11-3-1-2-4-12(11)18(16,17)15-9-10-5-7-14-8-6-10;/h1-8,15H,9H2;1H. The number of pyridine rings is 1. The molecule has 0 saturated carbocycles. The fraction of sp³-hybridized carbons (Fsp3) is 0.0833. The van der Waals surface area contributed by atoms with Gasteiger partial charge < -0.3 is 0 Å². The molecule has 1 N–H and O–H groups in total. The molecular formula is C12H12Cl2N2O2S. The number of hydrogen-bond acceptors (Lipinski definition) is 3. The minimum absolute atomic E-state index is 0. The molecule has 1 aromatic carbocycles. The molecule has 1 aromatic heterocycles. The van der Waals surface area contributed by atoms with Gasteiger partial charge >= 0.3 is 0 Å². The largest absolute Gasteiger partial charge is 0.265 e. The summed E-state index contributed by atoms with van der Waals surface area (Å²) in [6, 6.07) is 9.82. The fourth-order valence-electron chi connectivity index (χ4n) is 1.42. The highest BCUT2D eigenvalue weighted by Crippen LogP contribution is 2.20. The van der Waals surface area contributed by atoms with E-state index in [-0.39, 0.29) is 28.9 Å². The molecule has 19 heavy (non-hydrogen) atoms. The van der Waals surface area contributed by atoms with E-state index in [4.69, 9.17) is 11.6 Å². The maximum absolute atomic E-state index is 12.0. The molecule has 2 rings (SSSR count). The Morgan fingerprint density at radius 3 is 2.37 bits per heavy atom. The highest BCUT2D eigenvalue weighted by Gasteiger charge is 2.16. The van der Waals surface area contributed by atoms with Gasteiger partial charge in [-0.25, -0.2) is 13.1 Å². The predicted octanol–water partition coefficient (Wildman–Crippen LogP) is 2.64. The Morgan fingerprint density at radius 2 is 1.74 bits per heavy atom. The maximum Gasteiger partial charge on any atom is 0.242 e. The molecule has 0 bridgehead atoms. The van der Waals surface area contributed by atoms with Crippen molar-refractivity contribution in [3.63, 3.8) is 0 Å². The van der Waals surface area contributed by atoms with Crippen LogP contribution in [0.4, 0.5) is 0 Å². The Bertz CT molecular complexity index is 633. The lowest BCUT2D eigenvalue weighted by Crippen LogP contribution is -2.23. The van der Waals surface area contributed by atoms with E-state index >= 15 is 0 Å². The van der Waals surface area contributed by atoms with Crippen molar-refractivity contribution in [3.8, 4) is 0 Å². The van der Waals surface area contributed by atoms with Crippen LogP contribution in [0, 0.1) is 0 Å². The topological polar surface area (TPSA) is 59.1 Å². The molecule has 0 unspecified atom stereocenters. The Balaban J connectivity index is 0.00000180. The normalized spacial score (nSPS) is 10.8. The molecule has 0 spiro atoms. The van der Waals surface area contributed by atoms with Crippen LogP contribution in [0.3, 0.4) is 0 Å². The lowest BCUT2D eigenvalue weighted by atomic mass is 10.3. The van der Waals surface area contributed by atoms with Crippen molar-refractivity contribution in [2.45, 2.75) is 11.4 Å². The van der Waals surface area contributed by atoms with E-state index in [1.54, 1.807) is 42.7 Å². The van der Waals surface area contributed by atoms with E-state index in [1.807, 2.05) is 0 Å². The molecule has 2 aromatic rings. The molecule has 102 valence electrons. The summed E-state index contributed by atoms with van der Waals surface area (Å²) in [5, 5.41) is 0.208. The lowest BCUT2D eigenvalue weighted by molar-refractivity contribution is 0.581. The molecule has 0 radical (unpaired) electrons. The summed E-state index contributed by atoms with van der Waals surface area (Å²) in [5.41, 5.74) is 0.834. The van der Waals surface area contributed by atoms with Gasteiger partial charge in [0.2, 0.25) is 10.0 Å². The lowest BCUT2D eigenvalue weighted by Gasteiger charge is -2.07. The van der Waals surface area contributed by atoms with Gasteiger partial charge in [-0.15, -0.1) is 12.4 Å². The molecular weight excluding hydrogens is 307 g/mol. The number of nitrogens with zero attached hydrogens (tertiary/aromatic N) is 1. The van der Waals surface area contributed by atoms with Crippen LogP contribution in [0.15, 0.2) is 53.7 Å². The monoisotopic (exact) mass is 318 g/mol. The van der Waals surface area contributed by atoms with Gasteiger partial charge in [0.05, 0.1) is 5.02 Å². The highest BCUT2D eigenvalue weighted by molar-refractivity contribution is 7.89. The van der Waals surface area contributed by atoms with Gasteiger partial charge in [-0.1, -0.05) is 23.7 Å². The number of nitrogens with one attached hydrogen (secondary N) is 1. The van der Waals surface area contributed by atoms with Crippen LogP contribution in [0.1, 0.15) is 5.56 Å². The van der Waals surface area contributed by atoms with Crippen LogP contribution in [-0.2, 0) is 16.6 Å². The van der Waals surface area contributed by atoms with Crippen LogP contribution in [0.25, 0.3) is 0 Å². The number of hydrogen-bond donors (Lipinski definition) is 1. The van der Waals surface area contributed by atoms with Gasteiger partial charge in [0.25, 0.3) is 0 Å². The highest BCUT2D eigenvalue weighted by atomic mass is 35.5. The molecule has 0 atom stereocenters. The average molecular weight is 319 g/mol. The Kier molecular flexibility index (Phi) is 5.75. The zero-order valence-corrected chi connectivity index (χ0v) is 12.2. The van der Waals surface area contributed by atoms with Crippen LogP contribution in [-0.4, -0.2) is 13.4 Å². The van der Waals surface area contributed by atoms with Gasteiger partial charge in [0, 0.05) is 18.9 Å².